The van der Waals surface area contributed by atoms with Crippen LogP contribution in [0.25, 0.3) is 17.1 Å². The van der Waals surface area contributed by atoms with Crippen LogP contribution in [0.4, 0.5) is 0 Å². The molecule has 1 aromatic heterocycles. The number of aromatic amines is 1. The van der Waals surface area contributed by atoms with Gasteiger partial charge in [0.1, 0.15) is 11.5 Å². The van der Waals surface area contributed by atoms with Gasteiger partial charge in [0, 0.05) is 38.8 Å². The molecule has 0 atom stereocenters. The SMILES string of the molecule is CC(C)c1cc(-c2n[nH]c(=O)n2-c2ccc(CN3CCN(CCCN(C)C)CC3)cc2)c(O)cc1O. The molecule has 0 bridgehead atoms. The highest BCUT2D eigenvalue weighted by Gasteiger charge is 2.20. The summed E-state index contributed by atoms with van der Waals surface area (Å²) in [5.41, 5.74) is 2.53. The number of aromatic hydroxyl groups is 2. The molecule has 0 spiro atoms. The van der Waals surface area contributed by atoms with Crippen molar-refractivity contribution in [2.24, 2.45) is 0 Å². The van der Waals surface area contributed by atoms with Gasteiger partial charge in [-0.2, -0.15) is 5.10 Å². The van der Waals surface area contributed by atoms with Crippen molar-refractivity contribution in [2.75, 3.05) is 53.4 Å². The van der Waals surface area contributed by atoms with Crippen LogP contribution in [0.2, 0.25) is 0 Å². The lowest BCUT2D eigenvalue weighted by atomic mass is 9.98. The molecule has 194 valence electrons. The van der Waals surface area contributed by atoms with Crippen molar-refractivity contribution in [2.45, 2.75) is 32.7 Å². The molecule has 2 heterocycles. The molecule has 9 heteroatoms. The maximum atomic E-state index is 12.7. The Balaban J connectivity index is 1.45. The molecule has 9 nitrogen and oxygen atoms in total. The van der Waals surface area contributed by atoms with Crippen LogP contribution in [-0.4, -0.2) is 93.0 Å². The molecule has 4 rings (SSSR count). The lowest BCUT2D eigenvalue weighted by Crippen LogP contribution is -2.46. The zero-order valence-electron chi connectivity index (χ0n) is 21.7. The molecule has 0 saturated carbocycles. The largest absolute Gasteiger partial charge is 0.508 e. The van der Waals surface area contributed by atoms with Crippen molar-refractivity contribution in [3.63, 3.8) is 0 Å². The summed E-state index contributed by atoms with van der Waals surface area (Å²) in [5, 5.41) is 27.4. The van der Waals surface area contributed by atoms with Crippen molar-refractivity contribution in [3.8, 4) is 28.6 Å². The number of aromatic nitrogens is 3. The van der Waals surface area contributed by atoms with Crippen LogP contribution in [-0.2, 0) is 6.54 Å². The number of phenolic OH excluding ortho intramolecular Hbond substituents is 2. The van der Waals surface area contributed by atoms with Crippen LogP contribution in [0, 0.1) is 0 Å². The van der Waals surface area contributed by atoms with E-state index in [1.807, 2.05) is 38.1 Å². The summed E-state index contributed by atoms with van der Waals surface area (Å²) >= 11 is 0. The molecule has 3 aromatic rings. The van der Waals surface area contributed by atoms with Gasteiger partial charge in [0.05, 0.1) is 11.3 Å². The number of nitrogens with zero attached hydrogens (tertiary/aromatic N) is 5. The standard InChI is InChI=1S/C27H38N6O3/c1-19(2)22-16-23(25(35)17-24(22)34)26-28-29-27(36)33(26)21-8-6-20(7-9-21)18-32-14-12-31(13-15-32)11-5-10-30(3)4/h6-9,16-17,19,34-35H,5,10-15,18H2,1-4H3,(H,29,36). The van der Waals surface area contributed by atoms with E-state index in [1.54, 1.807) is 6.07 Å². The van der Waals surface area contributed by atoms with Crippen LogP contribution in [0.3, 0.4) is 0 Å². The highest BCUT2D eigenvalue weighted by Crippen LogP contribution is 2.37. The predicted molar refractivity (Wildman–Crippen MR) is 142 cm³/mol. The summed E-state index contributed by atoms with van der Waals surface area (Å²) in [6.45, 7) is 11.3. The summed E-state index contributed by atoms with van der Waals surface area (Å²) in [7, 11) is 4.24. The fourth-order valence-electron chi connectivity index (χ4n) is 4.74. The van der Waals surface area contributed by atoms with Crippen LogP contribution in [0.1, 0.15) is 37.3 Å². The zero-order chi connectivity index (χ0) is 25.8. The fourth-order valence-corrected chi connectivity index (χ4v) is 4.74. The average Bonchev–Trinajstić information content (AvgIpc) is 3.21. The number of nitrogens with one attached hydrogen (secondary N) is 1. The lowest BCUT2D eigenvalue weighted by Gasteiger charge is -2.35. The first-order chi connectivity index (χ1) is 17.2. The van der Waals surface area contributed by atoms with Gasteiger partial charge in [0.25, 0.3) is 0 Å². The van der Waals surface area contributed by atoms with E-state index < -0.39 is 0 Å². The van der Waals surface area contributed by atoms with Gasteiger partial charge in [-0.1, -0.05) is 26.0 Å². The summed E-state index contributed by atoms with van der Waals surface area (Å²) in [6, 6.07) is 10.9. The van der Waals surface area contributed by atoms with Gasteiger partial charge in [-0.15, -0.1) is 0 Å². The van der Waals surface area contributed by atoms with Crippen molar-refractivity contribution in [1.29, 1.82) is 0 Å². The van der Waals surface area contributed by atoms with Gasteiger partial charge < -0.3 is 20.0 Å². The number of hydrogen-bond donors (Lipinski definition) is 3. The topological polar surface area (TPSA) is 101 Å². The van der Waals surface area contributed by atoms with Crippen molar-refractivity contribution in [3.05, 3.63) is 58.0 Å². The number of benzene rings is 2. The van der Waals surface area contributed by atoms with Crippen molar-refractivity contribution < 1.29 is 10.2 Å². The van der Waals surface area contributed by atoms with E-state index in [-0.39, 0.29) is 23.1 Å². The first-order valence-electron chi connectivity index (χ1n) is 12.7. The van der Waals surface area contributed by atoms with Gasteiger partial charge in [-0.05, 0) is 68.8 Å². The Kier molecular flexibility index (Phi) is 8.13. The first-order valence-corrected chi connectivity index (χ1v) is 12.7. The maximum absolute atomic E-state index is 12.7. The minimum atomic E-state index is -0.387. The second-order valence-electron chi connectivity index (χ2n) is 10.2. The monoisotopic (exact) mass is 494 g/mol. The molecule has 1 fully saturated rings. The van der Waals surface area contributed by atoms with Crippen LogP contribution < -0.4 is 5.69 Å². The van der Waals surface area contributed by atoms with Gasteiger partial charge in [0.15, 0.2) is 5.82 Å². The molecule has 1 saturated heterocycles. The third kappa shape index (κ3) is 5.98. The average molecular weight is 495 g/mol. The Morgan fingerprint density at radius 3 is 2.31 bits per heavy atom. The third-order valence-electron chi connectivity index (χ3n) is 6.83. The summed E-state index contributed by atoms with van der Waals surface area (Å²) in [5.74, 6) is 0.240. The Morgan fingerprint density at radius 1 is 1.00 bits per heavy atom. The van der Waals surface area contributed by atoms with Crippen molar-refractivity contribution in [1.82, 2.24) is 29.5 Å². The normalized spacial score (nSPS) is 15.3. The van der Waals surface area contributed by atoms with E-state index in [1.165, 1.54) is 22.6 Å². The fraction of sp³-hybridized carbons (Fsp3) is 0.481. The summed E-state index contributed by atoms with van der Waals surface area (Å²) in [6.07, 6.45) is 1.20. The zero-order valence-corrected chi connectivity index (χ0v) is 21.7. The first kappa shape index (κ1) is 25.9. The second-order valence-corrected chi connectivity index (χ2v) is 10.2. The van der Waals surface area contributed by atoms with E-state index >= 15 is 0 Å². The quantitative estimate of drug-likeness (QED) is 0.421. The number of H-pyrrole nitrogens is 1. The summed E-state index contributed by atoms with van der Waals surface area (Å²) < 4.78 is 1.45. The Morgan fingerprint density at radius 2 is 1.67 bits per heavy atom. The van der Waals surface area contributed by atoms with E-state index in [2.05, 4.69) is 39.0 Å². The van der Waals surface area contributed by atoms with E-state index in [0.717, 1.165) is 45.8 Å². The predicted octanol–water partition coefficient (Wildman–Crippen LogP) is 2.83. The van der Waals surface area contributed by atoms with E-state index in [0.29, 0.717) is 22.6 Å². The highest BCUT2D eigenvalue weighted by atomic mass is 16.3. The van der Waals surface area contributed by atoms with Crippen LogP contribution in [0.5, 0.6) is 11.5 Å². The Hall–Kier alpha value is -3.14. The van der Waals surface area contributed by atoms with Gasteiger partial charge in [0.2, 0.25) is 0 Å². The van der Waals surface area contributed by atoms with E-state index in [4.69, 9.17) is 0 Å². The number of rotatable bonds is 9. The number of hydrogen-bond acceptors (Lipinski definition) is 7. The molecule has 2 aromatic carbocycles. The molecule has 0 amide bonds. The molecule has 0 radical (unpaired) electrons. The molecule has 0 unspecified atom stereocenters. The smallest absolute Gasteiger partial charge is 0.348 e. The van der Waals surface area contributed by atoms with Gasteiger partial charge in [-0.3, -0.25) is 4.90 Å². The molecule has 1 aliphatic heterocycles. The van der Waals surface area contributed by atoms with Gasteiger partial charge in [-0.25, -0.2) is 14.5 Å². The number of phenols is 2. The lowest BCUT2D eigenvalue weighted by molar-refractivity contribution is 0.124. The minimum Gasteiger partial charge on any atom is -0.508 e. The molecular weight excluding hydrogens is 456 g/mol. The van der Waals surface area contributed by atoms with Crippen LogP contribution >= 0.6 is 0 Å². The second kappa shape index (κ2) is 11.3. The van der Waals surface area contributed by atoms with E-state index in [9.17, 15) is 15.0 Å². The molecular formula is C27H38N6O3. The van der Waals surface area contributed by atoms with Crippen LogP contribution in [0.15, 0.2) is 41.2 Å². The molecule has 36 heavy (non-hydrogen) atoms. The Bertz CT molecular complexity index is 1210. The van der Waals surface area contributed by atoms with Gasteiger partial charge >= 0.3 is 5.69 Å². The molecule has 1 aliphatic rings. The number of piperazine rings is 1. The van der Waals surface area contributed by atoms with Crippen molar-refractivity contribution >= 4 is 0 Å². The molecule has 0 aliphatic carbocycles. The maximum Gasteiger partial charge on any atom is 0.348 e. The third-order valence-corrected chi connectivity index (χ3v) is 6.83. The summed E-state index contributed by atoms with van der Waals surface area (Å²) in [4.78, 5) is 19.9. The molecule has 3 N–H and O–H groups in total. The minimum absolute atomic E-state index is 0.0226. The highest BCUT2D eigenvalue weighted by molar-refractivity contribution is 5.69. The Labute approximate surface area is 212 Å².